The van der Waals surface area contributed by atoms with Crippen molar-refractivity contribution in [1.82, 2.24) is 0 Å². The quantitative estimate of drug-likeness (QED) is 0.321. The molecule has 1 nitrogen and oxygen atoms in total. The smallest absolute Gasteiger partial charge is 0.0593 e. The van der Waals surface area contributed by atoms with Crippen LogP contribution in [0.5, 0.6) is 0 Å². The lowest BCUT2D eigenvalue weighted by Gasteiger charge is -1.72. The minimum atomic E-state index is 1.57. The normalized spacial score (nSPS) is 11.1. The van der Waals surface area contributed by atoms with Gasteiger partial charge in [-0.05, 0) is 12.3 Å². The topological polar surface area (TPSA) is 12.4 Å². The maximum atomic E-state index is 3.87. The molecule has 44 valence electrons. The van der Waals surface area contributed by atoms with Crippen LogP contribution in [0.4, 0.5) is 0 Å². The molecule has 0 aliphatic heterocycles. The van der Waals surface area contributed by atoms with E-state index in [0.29, 0.717) is 0 Å². The van der Waals surface area contributed by atoms with Crippen LogP contribution in [-0.4, -0.2) is 11.8 Å². The van der Waals surface area contributed by atoms with Gasteiger partial charge in [0, 0.05) is 6.20 Å². The predicted octanol–water partition coefficient (Wildman–Crippen LogP) is 2.08. The fraction of sp³-hybridized carbons (Fsp3) is 0.167. The van der Waals surface area contributed by atoms with Crippen molar-refractivity contribution in [3.8, 4) is 0 Å². The van der Waals surface area contributed by atoms with Crippen LogP contribution in [0.25, 0.3) is 0 Å². The van der Waals surface area contributed by atoms with Gasteiger partial charge in [-0.15, -0.1) is 11.8 Å². The third-order valence-corrected chi connectivity index (χ3v) is 0.807. The zero-order valence-electron chi connectivity index (χ0n) is 4.87. The molecule has 0 bridgehead atoms. The number of hydrogen-bond acceptors (Lipinski definition) is 2. The van der Waals surface area contributed by atoms with Gasteiger partial charge in [-0.25, -0.2) is 0 Å². The van der Waals surface area contributed by atoms with Gasteiger partial charge in [0.25, 0.3) is 0 Å². The number of allylic oxidation sites excluding steroid dienone is 2. The predicted molar refractivity (Wildman–Crippen MR) is 41.3 cm³/mol. The zero-order valence-corrected chi connectivity index (χ0v) is 5.69. The van der Waals surface area contributed by atoms with Crippen LogP contribution in [0.2, 0.25) is 0 Å². The summed E-state index contributed by atoms with van der Waals surface area (Å²) in [5.41, 5.74) is 1.76. The summed E-state index contributed by atoms with van der Waals surface area (Å²) < 4.78 is 0. The number of thioether (sulfide) groups is 1. The highest BCUT2D eigenvalue weighted by Crippen LogP contribution is 1.83. The first-order chi connectivity index (χ1) is 3.91. The van der Waals surface area contributed by atoms with Crippen LogP contribution in [0.1, 0.15) is 0 Å². The van der Waals surface area contributed by atoms with E-state index in [1.54, 1.807) is 35.7 Å². The molecule has 0 saturated carbocycles. The van der Waals surface area contributed by atoms with Gasteiger partial charge in [-0.3, -0.25) is 4.99 Å². The molecule has 0 aliphatic carbocycles. The van der Waals surface area contributed by atoms with Crippen LogP contribution in [-0.2, 0) is 0 Å². The third kappa shape index (κ3) is 5.50. The Morgan fingerprint density at radius 2 is 2.38 bits per heavy atom. The fourth-order valence-corrected chi connectivity index (χ4v) is 0.399. The van der Waals surface area contributed by atoms with Crippen molar-refractivity contribution in [2.75, 3.05) is 6.26 Å². The lowest BCUT2D eigenvalue weighted by atomic mass is 10.6. The second kappa shape index (κ2) is 6.50. The van der Waals surface area contributed by atoms with Gasteiger partial charge < -0.3 is 0 Å². The molecule has 0 N–H and O–H groups in total. The molecular formula is C6H9NS. The molecule has 0 radical (unpaired) electrons. The van der Waals surface area contributed by atoms with Gasteiger partial charge in [0.2, 0.25) is 0 Å². The largest absolute Gasteiger partial charge is 0.258 e. The van der Waals surface area contributed by atoms with Crippen molar-refractivity contribution >= 4 is 17.3 Å². The minimum Gasteiger partial charge on any atom is -0.258 e. The minimum absolute atomic E-state index is 1.57. The molecule has 0 aromatic heterocycles. The average Bonchev–Trinajstić information content (AvgIpc) is 1.81. The molecular weight excluding hydrogens is 118 g/mol. The van der Waals surface area contributed by atoms with Crippen molar-refractivity contribution in [1.29, 1.82) is 0 Å². The SMILES string of the molecule is C=C/C=C/N=C\SC. The Balaban J connectivity index is 3.26. The van der Waals surface area contributed by atoms with Crippen molar-refractivity contribution in [3.63, 3.8) is 0 Å². The van der Waals surface area contributed by atoms with Crippen molar-refractivity contribution < 1.29 is 0 Å². The van der Waals surface area contributed by atoms with Crippen LogP contribution in [0.3, 0.4) is 0 Å². The summed E-state index contributed by atoms with van der Waals surface area (Å²) in [6.07, 6.45) is 7.14. The summed E-state index contributed by atoms with van der Waals surface area (Å²) in [4.78, 5) is 3.87. The molecule has 0 saturated heterocycles. The standard InChI is InChI=1S/C6H9NS/c1-3-4-5-7-6-8-2/h3-6H,1H2,2H3/b5-4+,7-6-. The van der Waals surface area contributed by atoms with Gasteiger partial charge in [0.05, 0.1) is 5.55 Å². The van der Waals surface area contributed by atoms with Crippen LogP contribution >= 0.6 is 11.8 Å². The summed E-state index contributed by atoms with van der Waals surface area (Å²) in [6.45, 7) is 3.49. The maximum absolute atomic E-state index is 3.87. The Morgan fingerprint density at radius 1 is 1.62 bits per heavy atom. The Kier molecular flexibility index (Phi) is 6.09. The maximum Gasteiger partial charge on any atom is 0.0593 e. The first-order valence-corrected chi connectivity index (χ1v) is 3.52. The lowest BCUT2D eigenvalue weighted by molar-refractivity contribution is 1.61. The molecule has 0 rings (SSSR count). The highest BCUT2D eigenvalue weighted by atomic mass is 32.2. The third-order valence-electron chi connectivity index (χ3n) is 0.474. The highest BCUT2D eigenvalue weighted by Gasteiger charge is 1.59. The molecule has 0 amide bonds. The Bertz CT molecular complexity index is 105. The Labute approximate surface area is 54.2 Å². The molecule has 0 aromatic carbocycles. The second-order valence-corrected chi connectivity index (χ2v) is 1.75. The van der Waals surface area contributed by atoms with E-state index in [9.17, 15) is 0 Å². The first-order valence-electron chi connectivity index (χ1n) is 2.24. The van der Waals surface area contributed by atoms with E-state index in [1.165, 1.54) is 0 Å². The van der Waals surface area contributed by atoms with Crippen LogP contribution in [0.15, 0.2) is 29.9 Å². The Hall–Kier alpha value is -0.500. The molecule has 0 atom stereocenters. The van der Waals surface area contributed by atoms with Gasteiger partial charge >= 0.3 is 0 Å². The van der Waals surface area contributed by atoms with E-state index < -0.39 is 0 Å². The fourth-order valence-electron chi connectivity index (χ4n) is 0.207. The van der Waals surface area contributed by atoms with Gasteiger partial charge in [-0.2, -0.15) is 0 Å². The van der Waals surface area contributed by atoms with Crippen molar-refractivity contribution in [2.24, 2.45) is 4.99 Å². The van der Waals surface area contributed by atoms with Crippen molar-refractivity contribution in [2.45, 2.75) is 0 Å². The summed E-state index contributed by atoms with van der Waals surface area (Å²) in [7, 11) is 0. The second-order valence-electron chi connectivity index (χ2n) is 1.07. The summed E-state index contributed by atoms with van der Waals surface area (Å²) in [6, 6.07) is 0. The molecule has 8 heavy (non-hydrogen) atoms. The zero-order chi connectivity index (χ0) is 6.24. The van der Waals surface area contributed by atoms with E-state index in [-0.39, 0.29) is 0 Å². The van der Waals surface area contributed by atoms with Crippen LogP contribution < -0.4 is 0 Å². The summed E-state index contributed by atoms with van der Waals surface area (Å²) >= 11 is 1.57. The Morgan fingerprint density at radius 3 is 2.88 bits per heavy atom. The number of nitrogens with zero attached hydrogens (tertiary/aromatic N) is 1. The van der Waals surface area contributed by atoms with Crippen LogP contribution in [0, 0.1) is 0 Å². The number of aliphatic imine (C=N–C) groups is 1. The molecule has 0 spiro atoms. The molecule has 0 unspecified atom stereocenters. The summed E-state index contributed by atoms with van der Waals surface area (Å²) in [5.74, 6) is 0. The molecule has 2 heteroatoms. The number of hydrogen-bond donors (Lipinski definition) is 0. The molecule has 0 aromatic rings. The van der Waals surface area contributed by atoms with E-state index in [1.807, 2.05) is 6.26 Å². The average molecular weight is 127 g/mol. The lowest BCUT2D eigenvalue weighted by Crippen LogP contribution is -1.54. The van der Waals surface area contributed by atoms with Gasteiger partial charge in [0.15, 0.2) is 0 Å². The van der Waals surface area contributed by atoms with Crippen molar-refractivity contribution in [3.05, 3.63) is 24.9 Å². The van der Waals surface area contributed by atoms with E-state index >= 15 is 0 Å². The van der Waals surface area contributed by atoms with E-state index in [0.717, 1.165) is 0 Å². The van der Waals surface area contributed by atoms with E-state index in [2.05, 4.69) is 11.6 Å². The highest BCUT2D eigenvalue weighted by molar-refractivity contribution is 8.11. The van der Waals surface area contributed by atoms with E-state index in [4.69, 9.17) is 0 Å². The first kappa shape index (κ1) is 7.50. The van der Waals surface area contributed by atoms with Gasteiger partial charge in [0.1, 0.15) is 0 Å². The molecule has 0 fully saturated rings. The summed E-state index contributed by atoms with van der Waals surface area (Å²) in [5, 5.41) is 0. The van der Waals surface area contributed by atoms with Gasteiger partial charge in [-0.1, -0.05) is 12.7 Å². The number of rotatable bonds is 3. The molecule has 0 heterocycles. The molecule has 0 aliphatic rings. The monoisotopic (exact) mass is 127 g/mol.